The summed E-state index contributed by atoms with van der Waals surface area (Å²) in [4.78, 5) is 6.76. The number of hydrogen-bond acceptors (Lipinski definition) is 5. The van der Waals surface area contributed by atoms with Gasteiger partial charge < -0.3 is 0 Å². The predicted octanol–water partition coefficient (Wildman–Crippen LogP) is 8.77. The summed E-state index contributed by atoms with van der Waals surface area (Å²) in [6.07, 6.45) is 3.37. The van der Waals surface area contributed by atoms with Gasteiger partial charge in [-0.2, -0.15) is 18.3 Å². The van der Waals surface area contributed by atoms with Crippen LogP contribution in [0.25, 0.3) is 40.6 Å². The molecule has 166 valence electrons. The summed E-state index contributed by atoms with van der Waals surface area (Å²) in [5.74, 6) is 0. The first-order valence-electron chi connectivity index (χ1n) is 10.5. The van der Waals surface area contributed by atoms with Gasteiger partial charge in [-0.15, -0.1) is 34.0 Å². The molecule has 0 aromatic carbocycles. The standard InChI is InChI=1S/C23H20F3N3S3/c1-2-3-4-5-6-14-10-18-21(30-14)22-19(31-18)12-17(32-22)13-7-8-27-15(9-13)16-11-20(29-28-16)23(24,25)26/h7-12H,2-6H2,1H3,(H,28,29). The van der Waals surface area contributed by atoms with Gasteiger partial charge in [-0.05, 0) is 48.7 Å². The molecule has 0 fully saturated rings. The van der Waals surface area contributed by atoms with E-state index in [2.05, 4.69) is 34.2 Å². The van der Waals surface area contributed by atoms with E-state index in [-0.39, 0.29) is 5.69 Å². The number of halogens is 3. The molecule has 0 aliphatic carbocycles. The highest BCUT2D eigenvalue weighted by Crippen LogP contribution is 2.46. The quantitative estimate of drug-likeness (QED) is 0.231. The zero-order valence-electron chi connectivity index (χ0n) is 17.3. The lowest BCUT2D eigenvalue weighted by Gasteiger charge is -2.01. The normalized spacial score (nSPS) is 12.4. The van der Waals surface area contributed by atoms with Crippen LogP contribution in [-0.2, 0) is 12.6 Å². The number of unbranched alkanes of at least 4 members (excludes halogenated alkanes) is 3. The third kappa shape index (κ3) is 4.21. The molecule has 0 atom stereocenters. The van der Waals surface area contributed by atoms with Crippen molar-refractivity contribution in [2.75, 3.05) is 0 Å². The first-order chi connectivity index (χ1) is 15.4. The third-order valence-electron chi connectivity index (χ3n) is 5.34. The molecule has 0 saturated carbocycles. The van der Waals surface area contributed by atoms with Crippen molar-refractivity contribution in [1.29, 1.82) is 0 Å². The lowest BCUT2D eigenvalue weighted by molar-refractivity contribution is -0.141. The van der Waals surface area contributed by atoms with Crippen molar-refractivity contribution >= 4 is 52.8 Å². The number of fused-ring (bicyclic) bond motifs is 3. The Hall–Kier alpha value is -2.23. The molecule has 5 aromatic heterocycles. The molecule has 0 aliphatic rings. The highest BCUT2D eigenvalue weighted by Gasteiger charge is 2.33. The fraction of sp³-hybridized carbons (Fsp3) is 0.304. The van der Waals surface area contributed by atoms with Crippen LogP contribution in [0.5, 0.6) is 0 Å². The molecule has 9 heteroatoms. The number of aromatic nitrogens is 3. The Morgan fingerprint density at radius 1 is 0.906 bits per heavy atom. The minimum Gasteiger partial charge on any atom is -0.273 e. The molecule has 5 rings (SSSR count). The number of nitrogens with zero attached hydrogens (tertiary/aromatic N) is 2. The molecule has 0 aliphatic heterocycles. The number of thiophene rings is 3. The van der Waals surface area contributed by atoms with Crippen molar-refractivity contribution in [3.8, 4) is 21.8 Å². The van der Waals surface area contributed by atoms with Gasteiger partial charge in [0, 0.05) is 25.4 Å². The highest BCUT2D eigenvalue weighted by molar-refractivity contribution is 7.39. The summed E-state index contributed by atoms with van der Waals surface area (Å²) in [5, 5.41) is 5.86. The molecular weight excluding hydrogens is 471 g/mol. The van der Waals surface area contributed by atoms with Crippen molar-refractivity contribution in [3.05, 3.63) is 47.1 Å². The second-order valence-electron chi connectivity index (χ2n) is 7.72. The van der Waals surface area contributed by atoms with E-state index >= 15 is 0 Å². The van der Waals surface area contributed by atoms with Crippen molar-refractivity contribution in [3.63, 3.8) is 0 Å². The topological polar surface area (TPSA) is 41.6 Å². The summed E-state index contributed by atoms with van der Waals surface area (Å²) < 4.78 is 43.9. The Morgan fingerprint density at radius 3 is 2.50 bits per heavy atom. The van der Waals surface area contributed by atoms with Crippen LogP contribution in [-0.4, -0.2) is 15.2 Å². The van der Waals surface area contributed by atoms with Gasteiger partial charge >= 0.3 is 6.18 Å². The van der Waals surface area contributed by atoms with Crippen LogP contribution in [0.3, 0.4) is 0 Å². The second kappa shape index (κ2) is 8.61. The summed E-state index contributed by atoms with van der Waals surface area (Å²) >= 11 is 5.43. The fourth-order valence-corrected chi connectivity index (χ4v) is 7.78. The Balaban J connectivity index is 1.42. The fourth-order valence-electron chi connectivity index (χ4n) is 3.70. The first-order valence-corrected chi connectivity index (χ1v) is 12.9. The summed E-state index contributed by atoms with van der Waals surface area (Å²) in [6, 6.07) is 9.19. The van der Waals surface area contributed by atoms with Crippen LogP contribution < -0.4 is 0 Å². The summed E-state index contributed by atoms with van der Waals surface area (Å²) in [6.45, 7) is 2.23. The van der Waals surface area contributed by atoms with Gasteiger partial charge in [0.1, 0.15) is 11.4 Å². The Bertz CT molecular complexity index is 1370. The van der Waals surface area contributed by atoms with Gasteiger partial charge in [0.2, 0.25) is 0 Å². The Kier molecular flexibility index (Phi) is 5.81. The number of alkyl halides is 3. The summed E-state index contributed by atoms with van der Waals surface area (Å²) in [5.41, 5.74) is 0.666. The Morgan fingerprint density at radius 2 is 1.72 bits per heavy atom. The molecule has 0 bridgehead atoms. The maximum atomic E-state index is 12.9. The van der Waals surface area contributed by atoms with Crippen molar-refractivity contribution in [2.45, 2.75) is 45.2 Å². The van der Waals surface area contributed by atoms with E-state index in [9.17, 15) is 13.2 Å². The second-order valence-corrected chi connectivity index (χ2v) is 11.0. The van der Waals surface area contributed by atoms with E-state index in [1.54, 1.807) is 23.6 Å². The maximum absolute atomic E-state index is 12.9. The van der Waals surface area contributed by atoms with Crippen molar-refractivity contribution < 1.29 is 13.2 Å². The van der Waals surface area contributed by atoms with Gasteiger partial charge in [-0.25, -0.2) is 0 Å². The van der Waals surface area contributed by atoms with Crippen LogP contribution in [0.15, 0.2) is 36.5 Å². The lowest BCUT2D eigenvalue weighted by Crippen LogP contribution is -2.04. The Labute approximate surface area is 194 Å². The van der Waals surface area contributed by atoms with Gasteiger partial charge in [0.15, 0.2) is 0 Å². The highest BCUT2D eigenvalue weighted by atomic mass is 32.1. The molecule has 32 heavy (non-hydrogen) atoms. The van der Waals surface area contributed by atoms with E-state index in [1.165, 1.54) is 49.4 Å². The van der Waals surface area contributed by atoms with Crippen LogP contribution in [0.4, 0.5) is 13.2 Å². The molecule has 5 aromatic rings. The van der Waals surface area contributed by atoms with Gasteiger partial charge in [-0.3, -0.25) is 10.1 Å². The SMILES string of the molecule is CCCCCCc1cc2sc3cc(-c4ccnc(-c5cc(C(F)(F)F)[nH]n5)c4)sc3c2s1. The van der Waals surface area contributed by atoms with Crippen LogP contribution in [0, 0.1) is 0 Å². The minimum atomic E-state index is -4.46. The average Bonchev–Trinajstić information content (AvgIpc) is 3.52. The molecule has 0 radical (unpaired) electrons. The average molecular weight is 492 g/mol. The van der Waals surface area contributed by atoms with Crippen molar-refractivity contribution in [2.24, 2.45) is 0 Å². The molecule has 0 saturated heterocycles. The maximum Gasteiger partial charge on any atom is 0.432 e. The van der Waals surface area contributed by atoms with E-state index in [1.807, 2.05) is 28.7 Å². The number of aromatic amines is 1. The lowest BCUT2D eigenvalue weighted by atomic mass is 10.1. The summed E-state index contributed by atoms with van der Waals surface area (Å²) in [7, 11) is 0. The van der Waals surface area contributed by atoms with Crippen LogP contribution in [0.2, 0.25) is 0 Å². The van der Waals surface area contributed by atoms with Crippen molar-refractivity contribution in [1.82, 2.24) is 15.2 Å². The number of nitrogens with one attached hydrogen (secondary N) is 1. The van der Waals surface area contributed by atoms with E-state index in [0.29, 0.717) is 5.69 Å². The zero-order chi connectivity index (χ0) is 22.3. The van der Waals surface area contributed by atoms with Crippen LogP contribution >= 0.6 is 34.0 Å². The molecule has 1 N–H and O–H groups in total. The predicted molar refractivity (Wildman–Crippen MR) is 129 cm³/mol. The molecule has 0 spiro atoms. The number of hydrogen-bond donors (Lipinski definition) is 1. The third-order valence-corrected chi connectivity index (χ3v) is 9.23. The molecule has 3 nitrogen and oxygen atoms in total. The van der Waals surface area contributed by atoms with E-state index in [4.69, 9.17) is 0 Å². The monoisotopic (exact) mass is 491 g/mol. The molecule has 0 amide bonds. The first kappa shape index (κ1) is 21.6. The largest absolute Gasteiger partial charge is 0.432 e. The van der Waals surface area contributed by atoms with Crippen LogP contribution in [0.1, 0.15) is 43.2 Å². The number of rotatable bonds is 7. The van der Waals surface area contributed by atoms with E-state index in [0.717, 1.165) is 22.9 Å². The van der Waals surface area contributed by atoms with Gasteiger partial charge in [0.25, 0.3) is 0 Å². The number of aryl methyl sites for hydroxylation is 1. The van der Waals surface area contributed by atoms with E-state index < -0.39 is 11.9 Å². The van der Waals surface area contributed by atoms with Gasteiger partial charge in [-0.1, -0.05) is 26.2 Å². The molecule has 5 heterocycles. The molecule has 0 unspecified atom stereocenters. The minimum absolute atomic E-state index is 0.186. The zero-order valence-corrected chi connectivity index (χ0v) is 19.7. The smallest absolute Gasteiger partial charge is 0.273 e. The van der Waals surface area contributed by atoms with Gasteiger partial charge in [0.05, 0.1) is 15.1 Å². The molecular formula is C23H20F3N3S3. The number of H-pyrrole nitrogens is 1. The number of pyridine rings is 1.